The molecule has 0 aromatic carbocycles. The summed E-state index contributed by atoms with van der Waals surface area (Å²) >= 11 is 0. The fraction of sp³-hybridized carbons (Fsp3) is 0.727. The average molecular weight is 239 g/mol. The lowest BCUT2D eigenvalue weighted by atomic mass is 9.96. The van der Waals surface area contributed by atoms with Gasteiger partial charge < -0.3 is 10.6 Å². The van der Waals surface area contributed by atoms with Crippen molar-refractivity contribution in [2.45, 2.75) is 25.8 Å². The van der Waals surface area contributed by atoms with Crippen LogP contribution in [0.2, 0.25) is 0 Å². The number of rotatable bonds is 2. The summed E-state index contributed by atoms with van der Waals surface area (Å²) in [6, 6.07) is -0.562. The van der Waals surface area contributed by atoms with Gasteiger partial charge in [0.25, 0.3) is 0 Å². The molecule has 3 N–H and O–H groups in total. The number of nitrogens with one attached hydrogen (secondary N) is 3. The molecule has 0 radical (unpaired) electrons. The normalized spacial score (nSPS) is 33.4. The molecule has 2 rings (SSSR count). The first kappa shape index (κ1) is 12.0. The van der Waals surface area contributed by atoms with Gasteiger partial charge in [0, 0.05) is 13.0 Å². The summed E-state index contributed by atoms with van der Waals surface area (Å²) in [6.07, 6.45) is 0.681. The monoisotopic (exact) mass is 239 g/mol. The number of imide groups is 1. The van der Waals surface area contributed by atoms with E-state index in [0.29, 0.717) is 13.0 Å². The molecule has 0 aliphatic carbocycles. The summed E-state index contributed by atoms with van der Waals surface area (Å²) < 4.78 is 0. The van der Waals surface area contributed by atoms with Gasteiger partial charge in [-0.25, -0.2) is 0 Å². The predicted molar refractivity (Wildman–Crippen MR) is 59.8 cm³/mol. The third-order valence-corrected chi connectivity index (χ3v) is 3.41. The van der Waals surface area contributed by atoms with Crippen molar-refractivity contribution in [3.05, 3.63) is 0 Å². The maximum Gasteiger partial charge on any atom is 0.249 e. The van der Waals surface area contributed by atoms with Gasteiger partial charge in [-0.15, -0.1) is 0 Å². The molecule has 94 valence electrons. The minimum atomic E-state index is -0.562. The van der Waals surface area contributed by atoms with E-state index in [-0.39, 0.29) is 30.1 Å². The van der Waals surface area contributed by atoms with Crippen molar-refractivity contribution in [1.29, 1.82) is 0 Å². The summed E-state index contributed by atoms with van der Waals surface area (Å²) in [6.45, 7) is 3.49. The summed E-state index contributed by atoms with van der Waals surface area (Å²) in [4.78, 5) is 34.4. The minimum Gasteiger partial charge on any atom is -0.344 e. The number of carbonyl (C=O) groups excluding carboxylic acids is 3. The zero-order valence-corrected chi connectivity index (χ0v) is 9.79. The van der Waals surface area contributed by atoms with E-state index in [0.717, 1.165) is 6.54 Å². The van der Waals surface area contributed by atoms with Crippen molar-refractivity contribution in [2.24, 2.45) is 11.8 Å². The van der Waals surface area contributed by atoms with Gasteiger partial charge in [-0.3, -0.25) is 19.7 Å². The van der Waals surface area contributed by atoms with E-state index in [4.69, 9.17) is 0 Å². The second-order valence-corrected chi connectivity index (χ2v) is 4.75. The molecule has 0 spiro atoms. The molecule has 0 saturated carbocycles. The van der Waals surface area contributed by atoms with Crippen LogP contribution < -0.4 is 16.0 Å². The number of hydrogen-bond acceptors (Lipinski definition) is 4. The molecule has 0 aromatic heterocycles. The largest absolute Gasteiger partial charge is 0.344 e. The first-order chi connectivity index (χ1) is 8.08. The van der Waals surface area contributed by atoms with Crippen molar-refractivity contribution >= 4 is 17.7 Å². The second-order valence-electron chi connectivity index (χ2n) is 4.75. The molecule has 3 atom stereocenters. The van der Waals surface area contributed by atoms with Crippen LogP contribution in [0.15, 0.2) is 0 Å². The Morgan fingerprint density at radius 2 is 2.12 bits per heavy atom. The number of hydrogen-bond donors (Lipinski definition) is 3. The topological polar surface area (TPSA) is 87.3 Å². The third kappa shape index (κ3) is 2.63. The Morgan fingerprint density at radius 1 is 1.35 bits per heavy atom. The van der Waals surface area contributed by atoms with E-state index in [1.807, 2.05) is 6.92 Å². The van der Waals surface area contributed by atoms with Gasteiger partial charge in [-0.2, -0.15) is 0 Å². The van der Waals surface area contributed by atoms with Crippen molar-refractivity contribution < 1.29 is 14.4 Å². The highest BCUT2D eigenvalue weighted by Crippen LogP contribution is 2.16. The van der Waals surface area contributed by atoms with Crippen LogP contribution in [0.25, 0.3) is 0 Å². The summed E-state index contributed by atoms with van der Waals surface area (Å²) in [5.74, 6) is -0.565. The van der Waals surface area contributed by atoms with Crippen LogP contribution in [0.1, 0.15) is 19.8 Å². The molecule has 0 aromatic rings. The zero-order valence-electron chi connectivity index (χ0n) is 9.79. The van der Waals surface area contributed by atoms with Gasteiger partial charge in [-0.05, 0) is 18.9 Å². The average Bonchev–Trinajstić information content (AvgIpc) is 2.68. The Kier molecular flexibility index (Phi) is 3.42. The van der Waals surface area contributed by atoms with Crippen LogP contribution in [0.5, 0.6) is 0 Å². The summed E-state index contributed by atoms with van der Waals surface area (Å²) in [5, 5.41) is 8.09. The molecule has 2 saturated heterocycles. The molecule has 0 unspecified atom stereocenters. The molecule has 6 heteroatoms. The lowest BCUT2D eigenvalue weighted by molar-refractivity contribution is -0.138. The smallest absolute Gasteiger partial charge is 0.249 e. The maximum atomic E-state index is 11.9. The van der Waals surface area contributed by atoms with E-state index in [1.165, 1.54) is 0 Å². The van der Waals surface area contributed by atoms with Crippen LogP contribution in [-0.2, 0) is 14.4 Å². The predicted octanol–water partition coefficient (Wildman–Crippen LogP) is -1.24. The Balaban J connectivity index is 1.90. The van der Waals surface area contributed by atoms with E-state index >= 15 is 0 Å². The Bertz CT molecular complexity index is 356. The van der Waals surface area contributed by atoms with Crippen molar-refractivity contribution in [1.82, 2.24) is 16.0 Å². The van der Waals surface area contributed by atoms with Crippen molar-refractivity contribution in [2.75, 3.05) is 13.1 Å². The van der Waals surface area contributed by atoms with Crippen molar-refractivity contribution in [3.8, 4) is 0 Å². The van der Waals surface area contributed by atoms with E-state index in [1.54, 1.807) is 0 Å². The van der Waals surface area contributed by atoms with Gasteiger partial charge in [0.05, 0.1) is 5.92 Å². The van der Waals surface area contributed by atoms with Crippen LogP contribution in [0.3, 0.4) is 0 Å². The standard InChI is InChI=1S/C11H17N3O3/c1-6-4-12-5-7(6)10(16)13-8-2-3-9(15)14-11(8)17/h6-8,12H,2-5H2,1H3,(H,13,16)(H,14,15,17)/t6-,7-,8+/m0/s1. The fourth-order valence-corrected chi connectivity index (χ4v) is 2.27. The quantitative estimate of drug-likeness (QED) is 0.526. The SMILES string of the molecule is C[C@H]1CNC[C@@H]1C(=O)N[C@@H]1CCC(=O)NC1=O. The Morgan fingerprint density at radius 3 is 2.71 bits per heavy atom. The van der Waals surface area contributed by atoms with E-state index < -0.39 is 11.9 Å². The van der Waals surface area contributed by atoms with Crippen LogP contribution >= 0.6 is 0 Å². The Hall–Kier alpha value is -1.43. The third-order valence-electron chi connectivity index (χ3n) is 3.41. The van der Waals surface area contributed by atoms with E-state index in [9.17, 15) is 14.4 Å². The van der Waals surface area contributed by atoms with Gasteiger partial charge in [0.2, 0.25) is 17.7 Å². The van der Waals surface area contributed by atoms with Crippen LogP contribution in [0.4, 0.5) is 0 Å². The minimum absolute atomic E-state index is 0.0829. The molecule has 0 bridgehead atoms. The van der Waals surface area contributed by atoms with Gasteiger partial charge >= 0.3 is 0 Å². The highest BCUT2D eigenvalue weighted by atomic mass is 16.2. The molecule has 2 aliphatic heterocycles. The molecule has 2 fully saturated rings. The molecule has 6 nitrogen and oxygen atoms in total. The van der Waals surface area contributed by atoms with Gasteiger partial charge in [-0.1, -0.05) is 6.92 Å². The summed E-state index contributed by atoms with van der Waals surface area (Å²) in [7, 11) is 0. The van der Waals surface area contributed by atoms with Crippen LogP contribution in [-0.4, -0.2) is 36.9 Å². The molecule has 2 aliphatic rings. The molecular weight excluding hydrogens is 222 g/mol. The highest BCUT2D eigenvalue weighted by Gasteiger charge is 2.33. The fourth-order valence-electron chi connectivity index (χ4n) is 2.27. The van der Waals surface area contributed by atoms with E-state index in [2.05, 4.69) is 16.0 Å². The van der Waals surface area contributed by atoms with Crippen LogP contribution in [0, 0.1) is 11.8 Å². The lowest BCUT2D eigenvalue weighted by Gasteiger charge is -2.24. The second kappa shape index (κ2) is 4.83. The molecule has 2 heterocycles. The Labute approximate surface area is 99.5 Å². The summed E-state index contributed by atoms with van der Waals surface area (Å²) in [5.41, 5.74) is 0. The van der Waals surface area contributed by atoms with Gasteiger partial charge in [0.1, 0.15) is 6.04 Å². The maximum absolute atomic E-state index is 11.9. The number of carbonyl (C=O) groups is 3. The number of amides is 3. The highest BCUT2D eigenvalue weighted by molar-refractivity contribution is 6.01. The van der Waals surface area contributed by atoms with Crippen molar-refractivity contribution in [3.63, 3.8) is 0 Å². The zero-order chi connectivity index (χ0) is 12.4. The first-order valence-corrected chi connectivity index (χ1v) is 5.92. The first-order valence-electron chi connectivity index (χ1n) is 5.92. The molecular formula is C11H17N3O3. The van der Waals surface area contributed by atoms with Gasteiger partial charge in [0.15, 0.2) is 0 Å². The number of piperidine rings is 1. The lowest BCUT2D eigenvalue weighted by Crippen LogP contribution is -2.53. The molecule has 3 amide bonds. The molecule has 17 heavy (non-hydrogen) atoms.